The Balaban J connectivity index is 1.46. The van der Waals surface area contributed by atoms with Gasteiger partial charge in [-0.3, -0.25) is 14.4 Å². The Morgan fingerprint density at radius 2 is 1.67 bits per heavy atom. The molecule has 0 atom stereocenters. The number of ether oxygens (including phenoxy) is 2. The van der Waals surface area contributed by atoms with Crippen LogP contribution in [0.5, 0.6) is 0 Å². The maximum Gasteiger partial charge on any atom is 0.277 e. The molecule has 0 bridgehead atoms. The highest BCUT2D eigenvalue weighted by Crippen LogP contribution is 2.29. The molecule has 0 saturated heterocycles. The van der Waals surface area contributed by atoms with Crippen LogP contribution < -0.4 is 10.2 Å². The number of carbonyl (C=O) groups is 3. The smallest absolute Gasteiger partial charge is 0.277 e. The second-order valence-electron chi connectivity index (χ2n) is 7.16. The summed E-state index contributed by atoms with van der Waals surface area (Å²) in [5.74, 6) is -1.29. The molecule has 0 spiro atoms. The van der Waals surface area contributed by atoms with Crippen molar-refractivity contribution in [1.29, 1.82) is 0 Å². The number of carbonyl (C=O) groups excluding carboxylic acids is 3. The summed E-state index contributed by atoms with van der Waals surface area (Å²) >= 11 is 0. The van der Waals surface area contributed by atoms with Gasteiger partial charge in [0.15, 0.2) is 12.0 Å². The predicted molar refractivity (Wildman–Crippen MR) is 119 cm³/mol. The fourth-order valence-corrected chi connectivity index (χ4v) is 3.51. The highest BCUT2D eigenvalue weighted by Gasteiger charge is 2.36. The van der Waals surface area contributed by atoms with Gasteiger partial charge in [-0.1, -0.05) is 23.4 Å². The molecule has 4 rings (SSSR count). The molecule has 1 N–H and O–H groups in total. The van der Waals surface area contributed by atoms with Gasteiger partial charge in [0.05, 0.1) is 29.6 Å². The van der Waals surface area contributed by atoms with E-state index in [1.54, 1.807) is 48.5 Å². The Bertz CT molecular complexity index is 1150. The number of nitrogens with zero attached hydrogens (tertiary/aromatic N) is 4. The molecule has 1 aliphatic heterocycles. The SMILES string of the molecule is CCOC(Cn1cc(C(=O)Nc2cccc(N3C(=O)c4ccccc4C3=O)c2)nn1)OCC. The molecule has 2 heterocycles. The first-order valence-corrected chi connectivity index (χ1v) is 10.5. The predicted octanol–water partition coefficient (Wildman–Crippen LogP) is 2.73. The van der Waals surface area contributed by atoms with E-state index in [4.69, 9.17) is 9.47 Å². The molecule has 1 aromatic heterocycles. The van der Waals surface area contributed by atoms with Crippen LogP contribution in [0.15, 0.2) is 54.7 Å². The van der Waals surface area contributed by atoms with Crippen LogP contribution >= 0.6 is 0 Å². The van der Waals surface area contributed by atoms with E-state index in [1.807, 2.05) is 13.8 Å². The van der Waals surface area contributed by atoms with E-state index in [0.717, 1.165) is 4.90 Å². The fourth-order valence-electron chi connectivity index (χ4n) is 3.51. The van der Waals surface area contributed by atoms with E-state index in [1.165, 1.54) is 10.9 Å². The number of aromatic nitrogens is 3. The monoisotopic (exact) mass is 449 g/mol. The van der Waals surface area contributed by atoms with E-state index in [0.29, 0.717) is 35.7 Å². The van der Waals surface area contributed by atoms with E-state index < -0.39 is 24.0 Å². The Kier molecular flexibility index (Phi) is 6.57. The molecule has 10 nitrogen and oxygen atoms in total. The molecule has 0 aliphatic carbocycles. The summed E-state index contributed by atoms with van der Waals surface area (Å²) in [6.45, 7) is 4.98. The standard InChI is InChI=1S/C23H23N5O5/c1-3-32-20(33-4-2)14-27-13-19(25-26-27)21(29)24-15-8-7-9-16(12-15)28-22(30)17-10-5-6-11-18(17)23(28)31/h5-13,20H,3-4,14H2,1-2H3,(H,24,29). The highest BCUT2D eigenvalue weighted by atomic mass is 16.7. The van der Waals surface area contributed by atoms with Crippen LogP contribution in [0.2, 0.25) is 0 Å². The third kappa shape index (κ3) is 4.66. The third-order valence-electron chi connectivity index (χ3n) is 4.97. The van der Waals surface area contributed by atoms with Gasteiger partial charge in [0, 0.05) is 18.9 Å². The molecule has 0 fully saturated rings. The Labute approximate surface area is 190 Å². The molecule has 3 aromatic rings. The molecule has 0 unspecified atom stereocenters. The number of hydrogen-bond acceptors (Lipinski definition) is 7. The Hall–Kier alpha value is -3.89. The normalized spacial score (nSPS) is 13.0. The van der Waals surface area contributed by atoms with Gasteiger partial charge >= 0.3 is 0 Å². The average Bonchev–Trinajstić information content (AvgIpc) is 3.37. The summed E-state index contributed by atoms with van der Waals surface area (Å²) in [5.41, 5.74) is 1.58. The number of anilines is 2. The van der Waals surface area contributed by atoms with E-state index >= 15 is 0 Å². The lowest BCUT2D eigenvalue weighted by atomic mass is 10.1. The fraction of sp³-hybridized carbons (Fsp3) is 0.261. The van der Waals surface area contributed by atoms with Crippen molar-refractivity contribution >= 4 is 29.1 Å². The summed E-state index contributed by atoms with van der Waals surface area (Å²) in [6, 6.07) is 13.2. The number of fused-ring (bicyclic) bond motifs is 1. The van der Waals surface area contributed by atoms with E-state index in [2.05, 4.69) is 15.6 Å². The first kappa shape index (κ1) is 22.3. The molecule has 170 valence electrons. The topological polar surface area (TPSA) is 116 Å². The van der Waals surface area contributed by atoms with Gasteiger partial charge in [-0.15, -0.1) is 5.10 Å². The maximum atomic E-state index is 12.7. The lowest BCUT2D eigenvalue weighted by Crippen LogP contribution is -2.29. The molecule has 2 aromatic carbocycles. The third-order valence-corrected chi connectivity index (χ3v) is 4.97. The minimum Gasteiger partial charge on any atom is -0.351 e. The van der Waals surface area contributed by atoms with Crippen molar-refractivity contribution in [2.45, 2.75) is 26.7 Å². The molecule has 10 heteroatoms. The second-order valence-corrected chi connectivity index (χ2v) is 7.16. The number of benzene rings is 2. The van der Waals surface area contributed by atoms with Gasteiger partial charge < -0.3 is 14.8 Å². The summed E-state index contributed by atoms with van der Waals surface area (Å²) in [5, 5.41) is 10.6. The molecule has 1 aliphatic rings. The first-order valence-electron chi connectivity index (χ1n) is 10.5. The van der Waals surface area contributed by atoms with Crippen LogP contribution in [-0.2, 0) is 16.0 Å². The molecule has 0 saturated carbocycles. The zero-order chi connectivity index (χ0) is 23.4. The van der Waals surface area contributed by atoms with Gasteiger partial charge in [-0.25, -0.2) is 9.58 Å². The zero-order valence-corrected chi connectivity index (χ0v) is 18.2. The maximum absolute atomic E-state index is 12.7. The van der Waals surface area contributed by atoms with Gasteiger partial charge in [-0.05, 0) is 44.2 Å². The summed E-state index contributed by atoms with van der Waals surface area (Å²) in [4.78, 5) is 39.2. The molecule has 0 radical (unpaired) electrons. The van der Waals surface area contributed by atoms with Gasteiger partial charge in [0.2, 0.25) is 0 Å². The summed E-state index contributed by atoms with van der Waals surface area (Å²) < 4.78 is 12.4. The molecular weight excluding hydrogens is 426 g/mol. The van der Waals surface area contributed by atoms with Crippen molar-refractivity contribution in [2.24, 2.45) is 0 Å². The van der Waals surface area contributed by atoms with Crippen molar-refractivity contribution in [3.63, 3.8) is 0 Å². The van der Waals surface area contributed by atoms with Crippen LogP contribution in [0.1, 0.15) is 45.1 Å². The molecule has 33 heavy (non-hydrogen) atoms. The van der Waals surface area contributed by atoms with E-state index in [9.17, 15) is 14.4 Å². The molecule has 3 amide bonds. The van der Waals surface area contributed by atoms with Gasteiger partial charge in [0.25, 0.3) is 17.7 Å². The number of amides is 3. The van der Waals surface area contributed by atoms with Gasteiger partial charge in [0.1, 0.15) is 0 Å². The van der Waals surface area contributed by atoms with Crippen LogP contribution in [-0.4, -0.2) is 52.2 Å². The summed E-state index contributed by atoms with van der Waals surface area (Å²) in [7, 11) is 0. The minimum absolute atomic E-state index is 0.105. The van der Waals surface area contributed by atoms with Crippen LogP contribution in [0.3, 0.4) is 0 Å². The number of rotatable bonds is 9. The molecular formula is C23H23N5O5. The summed E-state index contributed by atoms with van der Waals surface area (Å²) in [6.07, 6.45) is 1.00. The largest absolute Gasteiger partial charge is 0.351 e. The lowest BCUT2D eigenvalue weighted by molar-refractivity contribution is -0.145. The first-order chi connectivity index (χ1) is 16.0. The highest BCUT2D eigenvalue weighted by molar-refractivity contribution is 6.34. The Morgan fingerprint density at radius 3 is 2.30 bits per heavy atom. The lowest BCUT2D eigenvalue weighted by Gasteiger charge is -2.16. The zero-order valence-electron chi connectivity index (χ0n) is 18.2. The van der Waals surface area contributed by atoms with Crippen LogP contribution in [0.25, 0.3) is 0 Å². The van der Waals surface area contributed by atoms with E-state index in [-0.39, 0.29) is 12.2 Å². The average molecular weight is 449 g/mol. The number of imide groups is 1. The van der Waals surface area contributed by atoms with Crippen LogP contribution in [0.4, 0.5) is 11.4 Å². The van der Waals surface area contributed by atoms with Gasteiger partial charge in [-0.2, -0.15) is 0 Å². The van der Waals surface area contributed by atoms with Crippen molar-refractivity contribution in [1.82, 2.24) is 15.0 Å². The quantitative estimate of drug-likeness (QED) is 0.394. The number of nitrogens with one attached hydrogen (secondary N) is 1. The Morgan fingerprint density at radius 1 is 1.00 bits per heavy atom. The number of hydrogen-bond donors (Lipinski definition) is 1. The van der Waals surface area contributed by atoms with Crippen molar-refractivity contribution in [3.8, 4) is 0 Å². The van der Waals surface area contributed by atoms with Crippen molar-refractivity contribution in [3.05, 3.63) is 71.5 Å². The van der Waals surface area contributed by atoms with Crippen molar-refractivity contribution < 1.29 is 23.9 Å². The van der Waals surface area contributed by atoms with Crippen LogP contribution in [0, 0.1) is 0 Å². The van der Waals surface area contributed by atoms with Crippen molar-refractivity contribution in [2.75, 3.05) is 23.4 Å². The minimum atomic E-state index is -0.492. The second kappa shape index (κ2) is 9.72.